The van der Waals surface area contributed by atoms with Crippen molar-refractivity contribution in [2.24, 2.45) is 5.73 Å². The molecule has 0 aliphatic rings. The lowest BCUT2D eigenvalue weighted by molar-refractivity contribution is 0.414. The summed E-state index contributed by atoms with van der Waals surface area (Å²) in [5, 5.41) is 0.779. The largest absolute Gasteiger partial charge is 0.497 e. The number of nitrogens with two attached hydrogens (primary N) is 1. The predicted octanol–water partition coefficient (Wildman–Crippen LogP) is 2.89. The maximum absolute atomic E-state index is 6.21. The molecule has 5 heteroatoms. The first-order valence-corrected chi connectivity index (χ1v) is 7.41. The second-order valence-corrected chi connectivity index (χ2v) is 5.61. The standard InChI is InChI=1S/C15H19N3OS/c1-10-7-11(2)18-15(17-10)20-9-14(16)12-5-4-6-13(8-12)19-3/h4-8,14H,9,16H2,1-3H3. The highest BCUT2D eigenvalue weighted by Crippen LogP contribution is 2.23. The molecular formula is C15H19N3OS. The van der Waals surface area contributed by atoms with E-state index >= 15 is 0 Å². The van der Waals surface area contributed by atoms with Gasteiger partial charge in [0.2, 0.25) is 0 Å². The van der Waals surface area contributed by atoms with Gasteiger partial charge >= 0.3 is 0 Å². The molecule has 2 N–H and O–H groups in total. The van der Waals surface area contributed by atoms with Crippen molar-refractivity contribution in [1.29, 1.82) is 0 Å². The Morgan fingerprint density at radius 2 is 1.90 bits per heavy atom. The van der Waals surface area contributed by atoms with Gasteiger partial charge in [0.05, 0.1) is 7.11 Å². The Morgan fingerprint density at radius 1 is 1.20 bits per heavy atom. The number of hydrogen-bond acceptors (Lipinski definition) is 5. The number of methoxy groups -OCH3 is 1. The van der Waals surface area contributed by atoms with Crippen LogP contribution in [-0.2, 0) is 0 Å². The molecule has 4 nitrogen and oxygen atoms in total. The number of thioether (sulfide) groups is 1. The molecule has 2 aromatic rings. The molecule has 0 bridgehead atoms. The summed E-state index contributed by atoms with van der Waals surface area (Å²) in [7, 11) is 1.66. The van der Waals surface area contributed by atoms with Crippen molar-refractivity contribution >= 4 is 11.8 Å². The van der Waals surface area contributed by atoms with Crippen molar-refractivity contribution in [2.45, 2.75) is 25.0 Å². The fraction of sp³-hybridized carbons (Fsp3) is 0.333. The Morgan fingerprint density at radius 3 is 2.55 bits per heavy atom. The van der Waals surface area contributed by atoms with E-state index in [2.05, 4.69) is 9.97 Å². The molecule has 1 atom stereocenters. The maximum Gasteiger partial charge on any atom is 0.188 e. The maximum atomic E-state index is 6.21. The van der Waals surface area contributed by atoms with Gasteiger partial charge in [-0.25, -0.2) is 9.97 Å². The van der Waals surface area contributed by atoms with Gasteiger partial charge in [0.1, 0.15) is 5.75 Å². The second kappa shape index (κ2) is 6.72. The van der Waals surface area contributed by atoms with Crippen LogP contribution >= 0.6 is 11.8 Å². The SMILES string of the molecule is COc1cccc(C(N)CSc2nc(C)cc(C)n2)c1. The Bertz CT molecular complexity index is 569. The zero-order chi connectivity index (χ0) is 14.5. The first kappa shape index (κ1) is 14.8. The molecule has 0 amide bonds. The zero-order valence-corrected chi connectivity index (χ0v) is 12.8. The van der Waals surface area contributed by atoms with Gasteiger partial charge in [0.15, 0.2) is 5.16 Å². The predicted molar refractivity (Wildman–Crippen MR) is 82.2 cm³/mol. The minimum Gasteiger partial charge on any atom is -0.497 e. The highest BCUT2D eigenvalue weighted by molar-refractivity contribution is 7.99. The van der Waals surface area contributed by atoms with E-state index in [0.717, 1.165) is 33.6 Å². The van der Waals surface area contributed by atoms with Gasteiger partial charge in [-0.2, -0.15) is 0 Å². The summed E-state index contributed by atoms with van der Waals surface area (Å²) < 4.78 is 5.21. The molecule has 0 radical (unpaired) electrons. The normalized spacial score (nSPS) is 12.2. The highest BCUT2D eigenvalue weighted by atomic mass is 32.2. The summed E-state index contributed by atoms with van der Waals surface area (Å²) in [5.74, 6) is 1.56. The van der Waals surface area contributed by atoms with Gasteiger partial charge < -0.3 is 10.5 Å². The van der Waals surface area contributed by atoms with E-state index in [9.17, 15) is 0 Å². The third-order valence-electron chi connectivity index (χ3n) is 2.88. The van der Waals surface area contributed by atoms with E-state index in [-0.39, 0.29) is 6.04 Å². The summed E-state index contributed by atoms with van der Waals surface area (Å²) >= 11 is 1.58. The lowest BCUT2D eigenvalue weighted by atomic mass is 10.1. The van der Waals surface area contributed by atoms with Crippen molar-refractivity contribution in [3.05, 3.63) is 47.3 Å². The Balaban J connectivity index is 2.02. The molecule has 2 rings (SSSR count). The molecule has 1 aromatic carbocycles. The number of nitrogens with zero attached hydrogens (tertiary/aromatic N) is 2. The third-order valence-corrected chi connectivity index (χ3v) is 3.84. The molecule has 20 heavy (non-hydrogen) atoms. The molecule has 0 aliphatic heterocycles. The molecule has 0 fully saturated rings. The highest BCUT2D eigenvalue weighted by Gasteiger charge is 2.09. The van der Waals surface area contributed by atoms with Gasteiger partial charge in [0, 0.05) is 23.2 Å². The molecule has 106 valence electrons. The average Bonchev–Trinajstić information content (AvgIpc) is 2.44. The van der Waals surface area contributed by atoms with Crippen molar-refractivity contribution in [3.8, 4) is 5.75 Å². The van der Waals surface area contributed by atoms with Gasteiger partial charge in [-0.1, -0.05) is 23.9 Å². The van der Waals surface area contributed by atoms with E-state index < -0.39 is 0 Å². The van der Waals surface area contributed by atoms with Crippen LogP contribution in [0, 0.1) is 13.8 Å². The molecular weight excluding hydrogens is 270 g/mol. The molecule has 0 saturated heterocycles. The minimum atomic E-state index is -0.0699. The number of ether oxygens (including phenoxy) is 1. The van der Waals surface area contributed by atoms with E-state index in [1.54, 1.807) is 18.9 Å². The number of aromatic nitrogens is 2. The van der Waals surface area contributed by atoms with E-state index in [0.29, 0.717) is 0 Å². The Hall–Kier alpha value is -1.59. The van der Waals surface area contributed by atoms with Gasteiger partial charge in [-0.05, 0) is 37.6 Å². The number of rotatable bonds is 5. The lowest BCUT2D eigenvalue weighted by Gasteiger charge is -2.12. The molecule has 0 aliphatic carbocycles. The monoisotopic (exact) mass is 289 g/mol. The minimum absolute atomic E-state index is 0.0699. The van der Waals surface area contributed by atoms with Gasteiger partial charge in [0.25, 0.3) is 0 Å². The summed E-state index contributed by atoms with van der Waals surface area (Å²) in [6, 6.07) is 9.73. The smallest absolute Gasteiger partial charge is 0.188 e. The molecule has 1 heterocycles. The fourth-order valence-electron chi connectivity index (χ4n) is 1.89. The van der Waals surface area contributed by atoms with E-state index in [1.165, 1.54) is 0 Å². The first-order valence-electron chi connectivity index (χ1n) is 6.43. The summed E-state index contributed by atoms with van der Waals surface area (Å²) in [4.78, 5) is 8.81. The first-order chi connectivity index (χ1) is 9.58. The number of hydrogen-bond donors (Lipinski definition) is 1. The van der Waals surface area contributed by atoms with Crippen molar-refractivity contribution < 1.29 is 4.74 Å². The Kier molecular flexibility index (Phi) is 4.98. The third kappa shape index (κ3) is 3.95. The quantitative estimate of drug-likeness (QED) is 0.677. The summed E-state index contributed by atoms with van der Waals surface area (Å²) in [6.45, 7) is 3.95. The fourth-order valence-corrected chi connectivity index (χ4v) is 2.83. The average molecular weight is 289 g/mol. The van der Waals surface area contributed by atoms with Crippen molar-refractivity contribution in [3.63, 3.8) is 0 Å². The van der Waals surface area contributed by atoms with E-state index in [4.69, 9.17) is 10.5 Å². The van der Waals surface area contributed by atoms with Crippen LogP contribution in [0.4, 0.5) is 0 Å². The topological polar surface area (TPSA) is 61.0 Å². The lowest BCUT2D eigenvalue weighted by Crippen LogP contribution is -2.13. The van der Waals surface area contributed by atoms with Crippen molar-refractivity contribution in [2.75, 3.05) is 12.9 Å². The molecule has 0 spiro atoms. The molecule has 1 aromatic heterocycles. The van der Waals surface area contributed by atoms with Crippen LogP contribution in [0.5, 0.6) is 5.75 Å². The number of benzene rings is 1. The summed E-state index contributed by atoms with van der Waals surface area (Å²) in [6.07, 6.45) is 0. The van der Waals surface area contributed by atoms with Crippen LogP contribution < -0.4 is 10.5 Å². The molecule has 0 saturated carbocycles. The van der Waals surface area contributed by atoms with Crippen LogP contribution in [0.2, 0.25) is 0 Å². The van der Waals surface area contributed by atoms with Gasteiger partial charge in [-0.15, -0.1) is 0 Å². The second-order valence-electron chi connectivity index (χ2n) is 4.63. The molecule has 1 unspecified atom stereocenters. The van der Waals surface area contributed by atoms with Crippen LogP contribution in [0.25, 0.3) is 0 Å². The Labute approximate surface area is 123 Å². The van der Waals surface area contributed by atoms with Gasteiger partial charge in [-0.3, -0.25) is 0 Å². The van der Waals surface area contributed by atoms with Crippen LogP contribution in [0.3, 0.4) is 0 Å². The number of aryl methyl sites for hydroxylation is 2. The van der Waals surface area contributed by atoms with E-state index in [1.807, 2.05) is 44.2 Å². The van der Waals surface area contributed by atoms with Crippen LogP contribution in [-0.4, -0.2) is 22.8 Å². The van der Waals surface area contributed by atoms with Crippen LogP contribution in [0.1, 0.15) is 23.0 Å². The van der Waals surface area contributed by atoms with Crippen LogP contribution in [0.15, 0.2) is 35.5 Å². The summed E-state index contributed by atoms with van der Waals surface area (Å²) in [5.41, 5.74) is 9.23. The zero-order valence-electron chi connectivity index (χ0n) is 12.0. The van der Waals surface area contributed by atoms with Crippen molar-refractivity contribution in [1.82, 2.24) is 9.97 Å².